The molecule has 4 heteroatoms. The lowest BCUT2D eigenvalue weighted by Gasteiger charge is -2.12. The number of aromatic nitrogens is 1. The number of hydrogen-bond donors (Lipinski definition) is 2. The zero-order valence-corrected chi connectivity index (χ0v) is 11.6. The number of H-pyrrole nitrogens is 1. The number of amides is 1. The van der Waals surface area contributed by atoms with Crippen LogP contribution in [0.3, 0.4) is 0 Å². The summed E-state index contributed by atoms with van der Waals surface area (Å²) < 4.78 is 0. The summed E-state index contributed by atoms with van der Waals surface area (Å²) >= 11 is 0. The minimum absolute atomic E-state index is 0.0767. The van der Waals surface area contributed by atoms with Crippen molar-refractivity contribution in [3.8, 4) is 0 Å². The van der Waals surface area contributed by atoms with Crippen molar-refractivity contribution < 1.29 is 4.79 Å². The maximum absolute atomic E-state index is 12.0. The van der Waals surface area contributed by atoms with Crippen LogP contribution in [0.1, 0.15) is 55.2 Å². The fourth-order valence-corrected chi connectivity index (χ4v) is 1.77. The number of hydrogen-bond acceptors (Lipinski definition) is 2. The predicted molar refractivity (Wildman–Crippen MR) is 73.0 cm³/mol. The van der Waals surface area contributed by atoms with Gasteiger partial charge in [-0.15, -0.1) is 0 Å². The Morgan fingerprint density at radius 1 is 1.44 bits per heavy atom. The summed E-state index contributed by atoms with van der Waals surface area (Å²) in [7, 11) is 0. The molecule has 0 bridgehead atoms. The summed E-state index contributed by atoms with van der Waals surface area (Å²) in [5, 5.41) is 2.82. The highest BCUT2D eigenvalue weighted by Gasteiger charge is 2.14. The maximum atomic E-state index is 12.0. The molecular weight excluding hydrogens is 228 g/mol. The van der Waals surface area contributed by atoms with Gasteiger partial charge in [-0.2, -0.15) is 0 Å². The van der Waals surface area contributed by atoms with Crippen LogP contribution in [0, 0.1) is 6.92 Å². The number of rotatable bonds is 5. The molecule has 0 radical (unpaired) electrons. The van der Waals surface area contributed by atoms with Gasteiger partial charge in [0, 0.05) is 11.7 Å². The molecule has 0 spiro atoms. The molecule has 18 heavy (non-hydrogen) atoms. The smallest absolute Gasteiger partial charge is 0.261 e. The first kappa shape index (κ1) is 14.5. The third-order valence-corrected chi connectivity index (χ3v) is 3.10. The Bertz CT molecular complexity index is 477. The first-order chi connectivity index (χ1) is 8.49. The molecule has 0 aliphatic carbocycles. The van der Waals surface area contributed by atoms with Crippen LogP contribution in [-0.4, -0.2) is 16.9 Å². The van der Waals surface area contributed by atoms with E-state index in [4.69, 9.17) is 0 Å². The van der Waals surface area contributed by atoms with Crippen molar-refractivity contribution in [2.75, 3.05) is 0 Å². The van der Waals surface area contributed by atoms with Gasteiger partial charge in [-0.1, -0.05) is 20.3 Å². The first-order valence-corrected chi connectivity index (χ1v) is 6.53. The number of aromatic amines is 1. The summed E-state index contributed by atoms with van der Waals surface area (Å²) in [4.78, 5) is 26.5. The third-order valence-electron chi connectivity index (χ3n) is 3.10. The minimum Gasteiger partial charge on any atom is -0.349 e. The molecule has 1 heterocycles. The van der Waals surface area contributed by atoms with Gasteiger partial charge < -0.3 is 10.3 Å². The number of pyridine rings is 1. The van der Waals surface area contributed by atoms with Crippen LogP contribution in [0.5, 0.6) is 0 Å². The molecule has 2 N–H and O–H groups in total. The molecule has 1 atom stereocenters. The van der Waals surface area contributed by atoms with Crippen LogP contribution in [0.25, 0.3) is 0 Å². The summed E-state index contributed by atoms with van der Waals surface area (Å²) in [5.41, 5.74) is 1.78. The fourth-order valence-electron chi connectivity index (χ4n) is 1.77. The summed E-state index contributed by atoms with van der Waals surface area (Å²) in [6.07, 6.45) is 2.70. The highest BCUT2D eigenvalue weighted by molar-refractivity contribution is 5.94. The molecular formula is C14H22N2O2. The van der Waals surface area contributed by atoms with Gasteiger partial charge in [0.2, 0.25) is 0 Å². The van der Waals surface area contributed by atoms with Crippen LogP contribution in [0.15, 0.2) is 10.9 Å². The Balaban J connectivity index is 3.04. The van der Waals surface area contributed by atoms with E-state index in [0.29, 0.717) is 0 Å². The van der Waals surface area contributed by atoms with Gasteiger partial charge >= 0.3 is 0 Å². The molecule has 1 aromatic rings. The quantitative estimate of drug-likeness (QED) is 0.841. The van der Waals surface area contributed by atoms with E-state index in [1.54, 1.807) is 6.07 Å². The van der Waals surface area contributed by atoms with E-state index >= 15 is 0 Å². The molecule has 0 saturated heterocycles. The zero-order chi connectivity index (χ0) is 13.7. The zero-order valence-electron chi connectivity index (χ0n) is 11.6. The molecule has 1 amide bonds. The molecule has 100 valence electrons. The van der Waals surface area contributed by atoms with Crippen molar-refractivity contribution in [3.63, 3.8) is 0 Å². The number of carbonyl (C=O) groups excluding carboxylic acids is 1. The van der Waals surface area contributed by atoms with Gasteiger partial charge in [-0.05, 0) is 38.3 Å². The maximum Gasteiger partial charge on any atom is 0.261 e. The van der Waals surface area contributed by atoms with Crippen LogP contribution in [-0.2, 0) is 6.42 Å². The van der Waals surface area contributed by atoms with Crippen LogP contribution in [0.4, 0.5) is 0 Å². The first-order valence-electron chi connectivity index (χ1n) is 6.53. The van der Waals surface area contributed by atoms with Crippen molar-refractivity contribution in [3.05, 3.63) is 33.2 Å². The Morgan fingerprint density at radius 3 is 2.67 bits per heavy atom. The Labute approximate surface area is 108 Å². The normalized spacial score (nSPS) is 12.2. The van der Waals surface area contributed by atoms with Crippen molar-refractivity contribution in [1.82, 2.24) is 10.3 Å². The lowest BCUT2D eigenvalue weighted by atomic mass is 10.1. The molecule has 0 unspecified atom stereocenters. The molecule has 0 aromatic carbocycles. The number of aryl methyl sites for hydroxylation is 2. The molecule has 1 aromatic heterocycles. The highest BCUT2D eigenvalue weighted by atomic mass is 16.2. The van der Waals surface area contributed by atoms with Crippen LogP contribution >= 0.6 is 0 Å². The van der Waals surface area contributed by atoms with Crippen molar-refractivity contribution in [1.29, 1.82) is 0 Å². The van der Waals surface area contributed by atoms with Gasteiger partial charge in [0.25, 0.3) is 11.5 Å². The topological polar surface area (TPSA) is 62.0 Å². The van der Waals surface area contributed by atoms with E-state index in [0.717, 1.165) is 30.5 Å². The Hall–Kier alpha value is -1.58. The van der Waals surface area contributed by atoms with E-state index in [1.165, 1.54) is 0 Å². The van der Waals surface area contributed by atoms with E-state index < -0.39 is 0 Å². The van der Waals surface area contributed by atoms with Crippen molar-refractivity contribution in [2.24, 2.45) is 0 Å². The van der Waals surface area contributed by atoms with Gasteiger partial charge in [-0.25, -0.2) is 0 Å². The molecule has 4 nitrogen and oxygen atoms in total. The van der Waals surface area contributed by atoms with Crippen LogP contribution in [0.2, 0.25) is 0 Å². The number of carbonyl (C=O) groups is 1. The van der Waals surface area contributed by atoms with E-state index in [1.807, 2.05) is 20.8 Å². The SMILES string of the molecule is CCCc1cc(C(=O)N[C@@H](C)CC)c(=O)[nH]c1C. The summed E-state index contributed by atoms with van der Waals surface area (Å²) in [5.74, 6) is -0.289. The third kappa shape index (κ3) is 3.45. The molecule has 0 aliphatic rings. The molecule has 0 saturated carbocycles. The van der Waals surface area contributed by atoms with E-state index in [2.05, 4.69) is 17.2 Å². The van der Waals surface area contributed by atoms with Gasteiger partial charge in [-0.3, -0.25) is 9.59 Å². The van der Waals surface area contributed by atoms with Crippen LogP contribution < -0.4 is 10.9 Å². The second kappa shape index (κ2) is 6.38. The number of nitrogens with one attached hydrogen (secondary N) is 2. The molecule has 0 aliphatic heterocycles. The largest absolute Gasteiger partial charge is 0.349 e. The minimum atomic E-state index is -0.312. The lowest BCUT2D eigenvalue weighted by molar-refractivity contribution is 0.0937. The second-order valence-corrected chi connectivity index (χ2v) is 4.70. The van der Waals surface area contributed by atoms with E-state index in [-0.39, 0.29) is 23.1 Å². The predicted octanol–water partition coefficient (Wildman–Crippen LogP) is 2.16. The average molecular weight is 250 g/mol. The van der Waals surface area contributed by atoms with Gasteiger partial charge in [0.1, 0.15) is 5.56 Å². The average Bonchev–Trinajstić information content (AvgIpc) is 2.32. The van der Waals surface area contributed by atoms with Crippen molar-refractivity contribution in [2.45, 2.75) is 53.0 Å². The summed E-state index contributed by atoms with van der Waals surface area (Å²) in [6, 6.07) is 1.79. The lowest BCUT2D eigenvalue weighted by Crippen LogP contribution is -2.35. The second-order valence-electron chi connectivity index (χ2n) is 4.70. The highest BCUT2D eigenvalue weighted by Crippen LogP contribution is 2.08. The standard InChI is InChI=1S/C14H22N2O2/c1-5-7-11-8-12(14(18)16-10(11)4)13(17)15-9(3)6-2/h8-9H,5-7H2,1-4H3,(H,15,17)(H,16,18)/t9-/m0/s1. The molecule has 0 fully saturated rings. The summed E-state index contributed by atoms with van der Waals surface area (Å²) in [6.45, 7) is 7.85. The fraction of sp³-hybridized carbons (Fsp3) is 0.571. The van der Waals surface area contributed by atoms with Gasteiger partial charge in [0.15, 0.2) is 0 Å². The monoisotopic (exact) mass is 250 g/mol. The molecule has 1 rings (SSSR count). The Morgan fingerprint density at radius 2 is 2.11 bits per heavy atom. The van der Waals surface area contributed by atoms with Gasteiger partial charge in [0.05, 0.1) is 0 Å². The van der Waals surface area contributed by atoms with Crippen molar-refractivity contribution >= 4 is 5.91 Å². The van der Waals surface area contributed by atoms with E-state index in [9.17, 15) is 9.59 Å². The Kier molecular flexibility index (Phi) is 5.13.